The highest BCUT2D eigenvalue weighted by molar-refractivity contribution is 14.2. The standard InChI is InChI=1S/C14H15IP/c1-2-16(15,13-9-5-3-6-10-13)14-11-7-4-8-12-14/h3-12H,2H2,1H3. The predicted octanol–water partition coefficient (Wildman–Crippen LogP) is 4.02. The molecule has 0 nitrogen and oxygen atoms in total. The SMILES string of the molecule is CC[P](I)(c1ccccc1)c1ccccc1. The fourth-order valence-electron chi connectivity index (χ4n) is 1.84. The zero-order chi connectivity index (χ0) is 11.4. The Balaban J connectivity index is 2.49. The van der Waals surface area contributed by atoms with Gasteiger partial charge in [-0.2, -0.15) is 0 Å². The Kier molecular flexibility index (Phi) is 3.99. The van der Waals surface area contributed by atoms with Crippen molar-refractivity contribution in [2.75, 3.05) is 6.16 Å². The van der Waals surface area contributed by atoms with Gasteiger partial charge in [0.1, 0.15) is 0 Å². The molecule has 0 amide bonds. The maximum Gasteiger partial charge on any atom is -0.0133 e. The minimum atomic E-state index is -1.18. The Morgan fingerprint density at radius 1 is 0.812 bits per heavy atom. The fourth-order valence-corrected chi connectivity index (χ4v) is 6.09. The van der Waals surface area contributed by atoms with Crippen molar-refractivity contribution >= 4 is 37.6 Å². The van der Waals surface area contributed by atoms with Gasteiger partial charge in [-0.15, -0.1) is 0 Å². The highest BCUT2D eigenvalue weighted by atomic mass is 127. The largest absolute Gasteiger partial charge is 0.0622 e. The van der Waals surface area contributed by atoms with E-state index in [0.717, 1.165) is 0 Å². The molecule has 0 saturated heterocycles. The van der Waals surface area contributed by atoms with Crippen molar-refractivity contribution in [3.63, 3.8) is 0 Å². The lowest BCUT2D eigenvalue weighted by Gasteiger charge is -2.29. The summed E-state index contributed by atoms with van der Waals surface area (Å²) in [6, 6.07) is 21.8. The molecule has 0 bridgehead atoms. The van der Waals surface area contributed by atoms with Gasteiger partial charge in [0.05, 0.1) is 0 Å². The van der Waals surface area contributed by atoms with Crippen LogP contribution in [-0.4, -0.2) is 6.16 Å². The first-order chi connectivity index (χ1) is 7.77. The molecule has 2 heteroatoms. The van der Waals surface area contributed by atoms with E-state index in [4.69, 9.17) is 0 Å². The molecule has 0 saturated carbocycles. The van der Waals surface area contributed by atoms with Gasteiger partial charge in [0.25, 0.3) is 0 Å². The van der Waals surface area contributed by atoms with Crippen LogP contribution in [0.3, 0.4) is 0 Å². The lowest BCUT2D eigenvalue weighted by molar-refractivity contribution is 1.50. The van der Waals surface area contributed by atoms with Crippen LogP contribution >= 0.6 is 26.9 Å². The van der Waals surface area contributed by atoms with Crippen LogP contribution in [-0.2, 0) is 0 Å². The zero-order valence-electron chi connectivity index (χ0n) is 9.31. The third kappa shape index (κ3) is 2.31. The first-order valence-electron chi connectivity index (χ1n) is 5.46. The first kappa shape index (κ1) is 12.1. The summed E-state index contributed by atoms with van der Waals surface area (Å²) in [4.78, 5) is -1.18. The summed E-state index contributed by atoms with van der Waals surface area (Å²) < 4.78 is 0. The molecule has 16 heavy (non-hydrogen) atoms. The zero-order valence-corrected chi connectivity index (χ0v) is 12.4. The highest BCUT2D eigenvalue weighted by Crippen LogP contribution is 2.64. The topological polar surface area (TPSA) is 0 Å². The van der Waals surface area contributed by atoms with Gasteiger partial charge in [-0.1, -0.05) is 67.6 Å². The summed E-state index contributed by atoms with van der Waals surface area (Å²) in [7, 11) is 0. The van der Waals surface area contributed by atoms with Gasteiger partial charge >= 0.3 is 0 Å². The second-order valence-corrected chi connectivity index (χ2v) is 11.7. The minimum Gasteiger partial charge on any atom is -0.0622 e. The normalized spacial score (nSPS) is 11.4. The van der Waals surface area contributed by atoms with Gasteiger partial charge in [0.2, 0.25) is 0 Å². The molecule has 0 N–H and O–H groups in total. The molecular formula is C14H15IP. The monoisotopic (exact) mass is 341 g/mol. The highest BCUT2D eigenvalue weighted by Gasteiger charge is 2.25. The van der Waals surface area contributed by atoms with E-state index in [2.05, 4.69) is 89.6 Å². The smallest absolute Gasteiger partial charge is 0.0133 e. The van der Waals surface area contributed by atoms with Crippen LogP contribution in [0.2, 0.25) is 0 Å². The summed E-state index contributed by atoms with van der Waals surface area (Å²) in [5.74, 6) is 0. The van der Waals surface area contributed by atoms with Crippen LogP contribution in [0.1, 0.15) is 6.92 Å². The average Bonchev–Trinajstić information content (AvgIpc) is 2.40. The lowest BCUT2D eigenvalue weighted by Crippen LogP contribution is -2.18. The Morgan fingerprint density at radius 2 is 1.19 bits per heavy atom. The van der Waals surface area contributed by atoms with Crippen LogP contribution in [0, 0.1) is 0 Å². The maximum absolute atomic E-state index is 2.68. The van der Waals surface area contributed by atoms with E-state index in [-0.39, 0.29) is 0 Å². The van der Waals surface area contributed by atoms with Crippen molar-refractivity contribution in [3.8, 4) is 0 Å². The second kappa shape index (κ2) is 5.29. The minimum absolute atomic E-state index is 1.18. The van der Waals surface area contributed by atoms with Gasteiger partial charge in [-0.05, 0) is 43.7 Å². The summed E-state index contributed by atoms with van der Waals surface area (Å²) >= 11 is 2.68. The molecule has 0 aliphatic carbocycles. The van der Waals surface area contributed by atoms with E-state index in [1.165, 1.54) is 16.8 Å². The second-order valence-electron chi connectivity index (χ2n) is 3.70. The van der Waals surface area contributed by atoms with Crippen LogP contribution in [0.15, 0.2) is 60.7 Å². The fraction of sp³-hybridized carbons (Fsp3) is 0.143. The van der Waals surface area contributed by atoms with Gasteiger partial charge in [0.15, 0.2) is 0 Å². The van der Waals surface area contributed by atoms with Crippen LogP contribution in [0.25, 0.3) is 0 Å². The van der Waals surface area contributed by atoms with Crippen LogP contribution in [0.4, 0.5) is 0 Å². The molecule has 1 radical (unpaired) electrons. The first-order valence-corrected chi connectivity index (χ1v) is 10.2. The number of hydrogen-bond acceptors (Lipinski definition) is 0. The van der Waals surface area contributed by atoms with Crippen molar-refractivity contribution in [1.82, 2.24) is 0 Å². The number of benzene rings is 2. The summed E-state index contributed by atoms with van der Waals surface area (Å²) in [5, 5.41) is 2.98. The quantitative estimate of drug-likeness (QED) is 0.584. The Hall–Kier alpha value is -0.400. The van der Waals surface area contributed by atoms with Gasteiger partial charge in [-0.3, -0.25) is 0 Å². The Morgan fingerprint density at radius 3 is 1.50 bits per heavy atom. The van der Waals surface area contributed by atoms with E-state index >= 15 is 0 Å². The molecule has 0 aliphatic rings. The Labute approximate surface area is 111 Å². The van der Waals surface area contributed by atoms with Gasteiger partial charge in [0, 0.05) is 0 Å². The molecule has 0 aromatic heterocycles. The van der Waals surface area contributed by atoms with Crippen molar-refractivity contribution in [1.29, 1.82) is 0 Å². The number of halogens is 1. The van der Waals surface area contributed by atoms with Crippen molar-refractivity contribution in [2.24, 2.45) is 0 Å². The Bertz CT molecular complexity index is 399. The lowest BCUT2D eigenvalue weighted by atomic mass is 10.4. The summed E-state index contributed by atoms with van der Waals surface area (Å²) in [6.45, 7) is 2.29. The van der Waals surface area contributed by atoms with E-state index in [1.807, 2.05) is 0 Å². The van der Waals surface area contributed by atoms with E-state index in [9.17, 15) is 0 Å². The molecule has 0 spiro atoms. The molecular weight excluding hydrogens is 326 g/mol. The third-order valence-corrected chi connectivity index (χ3v) is 11.3. The van der Waals surface area contributed by atoms with E-state index in [1.54, 1.807) is 0 Å². The summed E-state index contributed by atoms with van der Waals surface area (Å²) in [5.41, 5.74) is 0. The maximum atomic E-state index is 2.68. The molecule has 2 aromatic carbocycles. The van der Waals surface area contributed by atoms with Crippen molar-refractivity contribution < 1.29 is 0 Å². The predicted molar refractivity (Wildman–Crippen MR) is 83.6 cm³/mol. The molecule has 0 unspecified atom stereocenters. The number of rotatable bonds is 3. The molecule has 2 rings (SSSR count). The molecule has 0 aliphatic heterocycles. The van der Waals surface area contributed by atoms with E-state index in [0.29, 0.717) is 0 Å². The molecule has 0 atom stereocenters. The number of hydrogen-bond donors (Lipinski definition) is 0. The summed E-state index contributed by atoms with van der Waals surface area (Å²) in [6.07, 6.45) is 1.21. The third-order valence-electron chi connectivity index (χ3n) is 2.77. The average molecular weight is 341 g/mol. The van der Waals surface area contributed by atoms with Gasteiger partial charge in [-0.25, -0.2) is 0 Å². The molecule has 83 valence electrons. The van der Waals surface area contributed by atoms with E-state index < -0.39 is 4.90 Å². The molecule has 0 fully saturated rings. The van der Waals surface area contributed by atoms with Crippen molar-refractivity contribution in [2.45, 2.75) is 6.92 Å². The molecule has 0 heterocycles. The van der Waals surface area contributed by atoms with Gasteiger partial charge < -0.3 is 0 Å². The van der Waals surface area contributed by atoms with Crippen LogP contribution < -0.4 is 10.6 Å². The van der Waals surface area contributed by atoms with Crippen molar-refractivity contribution in [3.05, 3.63) is 60.7 Å². The molecule has 2 aromatic rings. The van der Waals surface area contributed by atoms with Crippen LogP contribution in [0.5, 0.6) is 0 Å².